The molecule has 0 spiro atoms. The zero-order valence-electron chi connectivity index (χ0n) is 23.1. The smallest absolute Gasteiger partial charge is 0.389 e. The van der Waals surface area contributed by atoms with Crippen molar-refractivity contribution in [1.29, 1.82) is 0 Å². The SMILES string of the molecule is CCC(=O)OCC(C)Oc1ccc(OCCCOc2nn(CCCC(F)(F)F)c(=O)n(CCCC(F)(F)F)c2=O)cc1. The Kier molecular flexibility index (Phi) is 13.2. The minimum absolute atomic E-state index is 0.101. The first-order valence-corrected chi connectivity index (χ1v) is 13.2. The number of carbonyl (C=O) groups excluding carboxylic acids is 1. The van der Waals surface area contributed by atoms with Crippen molar-refractivity contribution in [2.45, 2.75) is 83.9 Å². The summed E-state index contributed by atoms with van der Waals surface area (Å²) in [7, 11) is 0. The number of alkyl halides is 6. The highest BCUT2D eigenvalue weighted by atomic mass is 19.4. The summed E-state index contributed by atoms with van der Waals surface area (Å²) in [5.41, 5.74) is -2.20. The second kappa shape index (κ2) is 16.1. The fourth-order valence-corrected chi connectivity index (χ4v) is 3.45. The molecule has 42 heavy (non-hydrogen) atoms. The topological polar surface area (TPSA) is 111 Å². The van der Waals surface area contributed by atoms with Crippen LogP contribution >= 0.6 is 0 Å². The van der Waals surface area contributed by atoms with Gasteiger partial charge in [0.15, 0.2) is 0 Å². The molecule has 1 atom stereocenters. The maximum Gasteiger partial charge on any atom is 0.389 e. The lowest BCUT2D eigenvalue weighted by molar-refractivity contribution is -0.145. The number of esters is 1. The van der Waals surface area contributed by atoms with Crippen molar-refractivity contribution in [3.63, 3.8) is 0 Å². The molecule has 0 N–H and O–H groups in total. The van der Waals surface area contributed by atoms with E-state index in [2.05, 4.69) is 5.10 Å². The third kappa shape index (κ3) is 12.9. The summed E-state index contributed by atoms with van der Waals surface area (Å²) in [4.78, 5) is 36.4. The first kappa shape index (κ1) is 34.5. The minimum Gasteiger partial charge on any atom is -0.493 e. The molecule has 236 valence electrons. The quantitative estimate of drug-likeness (QED) is 0.144. The molecule has 0 aliphatic rings. The minimum atomic E-state index is -4.52. The van der Waals surface area contributed by atoms with Gasteiger partial charge in [0.1, 0.15) is 24.2 Å². The molecule has 0 aliphatic heterocycles. The van der Waals surface area contributed by atoms with Gasteiger partial charge in [-0.25, -0.2) is 9.48 Å². The number of hydrogen-bond acceptors (Lipinski definition) is 8. The van der Waals surface area contributed by atoms with Gasteiger partial charge in [-0.05, 0) is 44.0 Å². The lowest BCUT2D eigenvalue weighted by Gasteiger charge is -2.15. The second-order valence-electron chi connectivity index (χ2n) is 9.19. The lowest BCUT2D eigenvalue weighted by Crippen LogP contribution is -2.42. The molecule has 0 saturated carbocycles. The number of nitrogens with zero attached hydrogens (tertiary/aromatic N) is 3. The Labute approximate surface area is 237 Å². The second-order valence-corrected chi connectivity index (χ2v) is 9.19. The van der Waals surface area contributed by atoms with Crippen molar-refractivity contribution in [2.75, 3.05) is 19.8 Å². The van der Waals surface area contributed by atoms with Gasteiger partial charge < -0.3 is 18.9 Å². The summed E-state index contributed by atoms with van der Waals surface area (Å²) in [5, 5.41) is 3.70. The van der Waals surface area contributed by atoms with Crippen LogP contribution in [-0.4, -0.2) is 58.6 Å². The molecule has 2 aromatic rings. The van der Waals surface area contributed by atoms with Crippen LogP contribution in [0.5, 0.6) is 17.4 Å². The molecule has 0 fully saturated rings. The summed E-state index contributed by atoms with van der Waals surface area (Å²) in [6, 6.07) is 6.58. The lowest BCUT2D eigenvalue weighted by atomic mass is 10.3. The molecule has 0 amide bonds. The molecule has 2 rings (SSSR count). The number of benzene rings is 1. The fourth-order valence-electron chi connectivity index (χ4n) is 3.45. The van der Waals surface area contributed by atoms with Gasteiger partial charge in [0.05, 0.1) is 13.2 Å². The number of aryl methyl sites for hydroxylation is 1. The normalized spacial score (nSPS) is 12.6. The zero-order chi connectivity index (χ0) is 31.3. The number of aromatic nitrogens is 3. The molecule has 0 bridgehead atoms. The van der Waals surface area contributed by atoms with Crippen LogP contribution < -0.4 is 25.5 Å². The third-order valence-corrected chi connectivity index (χ3v) is 5.49. The summed E-state index contributed by atoms with van der Waals surface area (Å²) >= 11 is 0. The van der Waals surface area contributed by atoms with Crippen LogP contribution in [0.2, 0.25) is 0 Å². The predicted octanol–water partition coefficient (Wildman–Crippen LogP) is 4.66. The first-order chi connectivity index (χ1) is 19.7. The maximum atomic E-state index is 12.6. The van der Waals surface area contributed by atoms with Crippen LogP contribution in [0.25, 0.3) is 0 Å². The van der Waals surface area contributed by atoms with Crippen molar-refractivity contribution in [2.24, 2.45) is 0 Å². The molecule has 1 aromatic carbocycles. The van der Waals surface area contributed by atoms with Gasteiger partial charge in [-0.2, -0.15) is 26.3 Å². The number of ether oxygens (including phenoxy) is 4. The van der Waals surface area contributed by atoms with Crippen LogP contribution in [0.1, 0.15) is 52.4 Å². The van der Waals surface area contributed by atoms with Crippen molar-refractivity contribution in [3.05, 3.63) is 45.1 Å². The Morgan fingerprint density at radius 3 is 2.05 bits per heavy atom. The number of halogens is 6. The average molecular weight is 614 g/mol. The molecule has 0 aliphatic carbocycles. The van der Waals surface area contributed by atoms with E-state index in [1.165, 1.54) is 0 Å². The largest absolute Gasteiger partial charge is 0.493 e. The van der Waals surface area contributed by atoms with E-state index in [1.54, 1.807) is 38.1 Å². The first-order valence-electron chi connectivity index (χ1n) is 13.2. The highest BCUT2D eigenvalue weighted by Gasteiger charge is 2.28. The van der Waals surface area contributed by atoms with E-state index in [4.69, 9.17) is 18.9 Å². The van der Waals surface area contributed by atoms with Crippen LogP contribution in [0.3, 0.4) is 0 Å². The molecular weight excluding hydrogens is 580 g/mol. The van der Waals surface area contributed by atoms with Crippen LogP contribution in [0, 0.1) is 0 Å². The van der Waals surface area contributed by atoms with E-state index in [0.717, 1.165) is 0 Å². The highest BCUT2D eigenvalue weighted by Crippen LogP contribution is 2.22. The molecule has 1 unspecified atom stereocenters. The zero-order valence-corrected chi connectivity index (χ0v) is 23.1. The van der Waals surface area contributed by atoms with Gasteiger partial charge in [0.25, 0.3) is 5.88 Å². The average Bonchev–Trinajstić information content (AvgIpc) is 2.90. The summed E-state index contributed by atoms with van der Waals surface area (Å²) in [6.07, 6.45) is -12.5. The monoisotopic (exact) mass is 613 g/mol. The molecule has 0 saturated heterocycles. The van der Waals surface area contributed by atoms with Crippen LogP contribution in [-0.2, 0) is 22.6 Å². The Balaban J connectivity index is 1.94. The van der Waals surface area contributed by atoms with Gasteiger partial charge in [0, 0.05) is 38.8 Å². The van der Waals surface area contributed by atoms with Crippen molar-refractivity contribution in [3.8, 4) is 17.4 Å². The molecule has 10 nitrogen and oxygen atoms in total. The predicted molar refractivity (Wildman–Crippen MR) is 137 cm³/mol. The van der Waals surface area contributed by atoms with E-state index in [9.17, 15) is 40.7 Å². The summed E-state index contributed by atoms with van der Waals surface area (Å²) in [5.74, 6) is 0.0569. The number of carbonyl (C=O) groups is 1. The Morgan fingerprint density at radius 1 is 0.881 bits per heavy atom. The van der Waals surface area contributed by atoms with E-state index in [-0.39, 0.29) is 44.7 Å². The van der Waals surface area contributed by atoms with E-state index in [1.807, 2.05) is 0 Å². The van der Waals surface area contributed by atoms with E-state index >= 15 is 0 Å². The standard InChI is InChI=1S/C26H33F6N3O7/c1-3-21(36)41-17-18(2)42-20-9-7-19(8-10-20)39-15-6-16-40-22-23(37)34(13-4-11-25(27,28)29)24(38)35(33-22)14-5-12-26(30,31)32/h7-10,18H,3-6,11-17H2,1-2H3. The van der Waals surface area contributed by atoms with E-state index < -0.39 is 68.3 Å². The van der Waals surface area contributed by atoms with Crippen LogP contribution in [0.4, 0.5) is 26.3 Å². The third-order valence-electron chi connectivity index (χ3n) is 5.49. The molecular formula is C26H33F6N3O7. The Morgan fingerprint density at radius 2 is 1.45 bits per heavy atom. The fraction of sp³-hybridized carbons (Fsp3) is 0.615. The van der Waals surface area contributed by atoms with Gasteiger partial charge in [0.2, 0.25) is 0 Å². The van der Waals surface area contributed by atoms with E-state index in [0.29, 0.717) is 20.7 Å². The molecule has 0 radical (unpaired) electrons. The summed E-state index contributed by atoms with van der Waals surface area (Å²) < 4.78 is 97.9. The molecule has 16 heteroatoms. The number of hydrogen-bond donors (Lipinski definition) is 0. The van der Waals surface area contributed by atoms with Gasteiger partial charge in [-0.1, -0.05) is 6.92 Å². The Hall–Kier alpha value is -3.72. The van der Waals surface area contributed by atoms with Crippen molar-refractivity contribution in [1.82, 2.24) is 14.3 Å². The van der Waals surface area contributed by atoms with Gasteiger partial charge >= 0.3 is 29.6 Å². The van der Waals surface area contributed by atoms with Crippen LogP contribution in [0.15, 0.2) is 33.9 Å². The van der Waals surface area contributed by atoms with Gasteiger partial charge in [-0.15, -0.1) is 5.10 Å². The van der Waals surface area contributed by atoms with Crippen molar-refractivity contribution >= 4 is 5.97 Å². The molecule has 1 heterocycles. The molecule has 1 aromatic heterocycles. The van der Waals surface area contributed by atoms with Crippen molar-refractivity contribution < 1.29 is 50.1 Å². The summed E-state index contributed by atoms with van der Waals surface area (Å²) in [6.45, 7) is 2.39. The maximum absolute atomic E-state index is 12.6. The highest BCUT2D eigenvalue weighted by molar-refractivity contribution is 5.68. The van der Waals surface area contributed by atoms with Gasteiger partial charge in [-0.3, -0.25) is 14.2 Å². The number of rotatable bonds is 17. The Bertz CT molecular complexity index is 1240.